The van der Waals surface area contributed by atoms with Crippen LogP contribution in [-0.4, -0.2) is 11.0 Å². The van der Waals surface area contributed by atoms with Gasteiger partial charge in [0.05, 0.1) is 0 Å². The first-order chi connectivity index (χ1) is 5.16. The third-order valence-electron chi connectivity index (χ3n) is 1.28. The molecule has 0 spiro atoms. The molecule has 0 saturated carbocycles. The zero-order chi connectivity index (χ0) is 8.69. The number of hydrogen-bond acceptors (Lipinski definition) is 2. The van der Waals surface area contributed by atoms with E-state index in [0.29, 0.717) is 6.42 Å². The van der Waals surface area contributed by atoms with Gasteiger partial charge >= 0.3 is 5.97 Å². The summed E-state index contributed by atoms with van der Waals surface area (Å²) in [5.41, 5.74) is 0. The second kappa shape index (κ2) is 6.65. The summed E-state index contributed by atoms with van der Waals surface area (Å²) in [4.78, 5) is 10.9. The first-order valence-corrected chi connectivity index (χ1v) is 4.92. The molecule has 0 aromatic rings. The molecule has 0 radical (unpaired) electrons. The summed E-state index contributed by atoms with van der Waals surface area (Å²) in [6.07, 6.45) is 3.72. The number of unbranched alkanes of at least 4 members (excludes halogenated alkanes) is 2. The third kappa shape index (κ3) is 7.85. The standard InChI is InChI=1S/C8H15BrO2/c1-3-4-5-6-8(10)11-7(2)9/h7H,3-6H2,1-2H3. The van der Waals surface area contributed by atoms with Gasteiger partial charge in [-0.3, -0.25) is 4.79 Å². The Morgan fingerprint density at radius 3 is 2.64 bits per heavy atom. The fourth-order valence-electron chi connectivity index (χ4n) is 0.759. The topological polar surface area (TPSA) is 26.3 Å². The zero-order valence-electron chi connectivity index (χ0n) is 7.10. The van der Waals surface area contributed by atoms with Crippen molar-refractivity contribution in [2.75, 3.05) is 0 Å². The van der Waals surface area contributed by atoms with E-state index in [9.17, 15) is 4.79 Å². The van der Waals surface area contributed by atoms with E-state index in [1.165, 1.54) is 0 Å². The molecular weight excluding hydrogens is 208 g/mol. The number of carbonyl (C=O) groups excluding carboxylic acids is 1. The maximum Gasteiger partial charge on any atom is 0.306 e. The highest BCUT2D eigenvalue weighted by molar-refractivity contribution is 9.09. The molecule has 0 aromatic carbocycles. The van der Waals surface area contributed by atoms with Gasteiger partial charge in [0, 0.05) is 6.42 Å². The molecule has 0 bridgehead atoms. The van der Waals surface area contributed by atoms with Crippen LogP contribution in [0.5, 0.6) is 0 Å². The number of carbonyl (C=O) groups is 1. The van der Waals surface area contributed by atoms with Crippen molar-refractivity contribution < 1.29 is 9.53 Å². The Bertz CT molecular complexity index is 113. The summed E-state index contributed by atoms with van der Waals surface area (Å²) in [5, 5.41) is -0.156. The Balaban J connectivity index is 3.23. The Morgan fingerprint density at radius 2 is 2.18 bits per heavy atom. The van der Waals surface area contributed by atoms with E-state index in [1.54, 1.807) is 6.92 Å². The number of hydrogen-bond donors (Lipinski definition) is 0. The Hall–Kier alpha value is -0.0500. The van der Waals surface area contributed by atoms with Crippen LogP contribution >= 0.6 is 15.9 Å². The second-order valence-corrected chi connectivity index (χ2v) is 3.78. The highest BCUT2D eigenvalue weighted by Gasteiger charge is 2.04. The summed E-state index contributed by atoms with van der Waals surface area (Å²) in [6, 6.07) is 0. The number of ether oxygens (including phenoxy) is 1. The van der Waals surface area contributed by atoms with Crippen LogP contribution in [0.25, 0.3) is 0 Å². The van der Waals surface area contributed by atoms with Crippen LogP contribution in [0.3, 0.4) is 0 Å². The molecule has 0 heterocycles. The number of esters is 1. The normalized spacial score (nSPS) is 12.6. The Labute approximate surface area is 76.4 Å². The monoisotopic (exact) mass is 222 g/mol. The smallest absolute Gasteiger partial charge is 0.306 e. The van der Waals surface area contributed by atoms with Crippen molar-refractivity contribution in [2.45, 2.75) is 44.5 Å². The maximum absolute atomic E-state index is 10.9. The number of alkyl halides is 1. The van der Waals surface area contributed by atoms with E-state index >= 15 is 0 Å². The predicted octanol–water partition coefficient (Wildman–Crippen LogP) is 2.85. The zero-order valence-corrected chi connectivity index (χ0v) is 8.69. The fourth-order valence-corrected chi connectivity index (χ4v) is 0.968. The van der Waals surface area contributed by atoms with E-state index in [-0.39, 0.29) is 11.0 Å². The molecule has 66 valence electrons. The van der Waals surface area contributed by atoms with Crippen molar-refractivity contribution in [2.24, 2.45) is 0 Å². The van der Waals surface area contributed by atoms with Crippen LogP contribution in [0.4, 0.5) is 0 Å². The van der Waals surface area contributed by atoms with Gasteiger partial charge in [0.25, 0.3) is 0 Å². The lowest BCUT2D eigenvalue weighted by atomic mass is 10.2. The van der Waals surface area contributed by atoms with Gasteiger partial charge in [0.15, 0.2) is 5.01 Å². The van der Waals surface area contributed by atoms with Crippen LogP contribution in [0.2, 0.25) is 0 Å². The van der Waals surface area contributed by atoms with Gasteiger partial charge in [-0.05, 0) is 29.3 Å². The molecule has 0 aromatic heterocycles. The Kier molecular flexibility index (Phi) is 6.62. The molecule has 0 aliphatic carbocycles. The molecule has 3 heteroatoms. The molecule has 11 heavy (non-hydrogen) atoms. The van der Waals surface area contributed by atoms with Gasteiger partial charge in [-0.1, -0.05) is 19.8 Å². The van der Waals surface area contributed by atoms with Crippen molar-refractivity contribution >= 4 is 21.9 Å². The number of rotatable bonds is 5. The van der Waals surface area contributed by atoms with Gasteiger partial charge in [-0.25, -0.2) is 0 Å². The summed E-state index contributed by atoms with van der Waals surface area (Å²) in [7, 11) is 0. The van der Waals surface area contributed by atoms with Gasteiger partial charge in [-0.2, -0.15) is 0 Å². The van der Waals surface area contributed by atoms with Crippen molar-refractivity contribution in [3.63, 3.8) is 0 Å². The quantitative estimate of drug-likeness (QED) is 0.407. The van der Waals surface area contributed by atoms with Crippen molar-refractivity contribution in [3.05, 3.63) is 0 Å². The van der Waals surface area contributed by atoms with Gasteiger partial charge in [0.2, 0.25) is 0 Å². The average molecular weight is 223 g/mol. The third-order valence-corrected chi connectivity index (χ3v) is 1.47. The minimum atomic E-state index is -0.156. The first kappa shape index (κ1) is 11.0. The van der Waals surface area contributed by atoms with Gasteiger partial charge in [0.1, 0.15) is 0 Å². The minimum absolute atomic E-state index is 0.108. The van der Waals surface area contributed by atoms with E-state index in [2.05, 4.69) is 22.9 Å². The minimum Gasteiger partial charge on any atom is -0.451 e. The van der Waals surface area contributed by atoms with E-state index in [1.807, 2.05) is 0 Å². The van der Waals surface area contributed by atoms with Crippen LogP contribution in [0.1, 0.15) is 39.5 Å². The lowest BCUT2D eigenvalue weighted by molar-refractivity contribution is -0.144. The molecule has 1 unspecified atom stereocenters. The average Bonchev–Trinajstić information content (AvgIpc) is 1.86. The summed E-state index contributed by atoms with van der Waals surface area (Å²) >= 11 is 3.14. The molecule has 0 amide bonds. The Morgan fingerprint density at radius 1 is 1.55 bits per heavy atom. The lowest BCUT2D eigenvalue weighted by Crippen LogP contribution is -2.08. The molecule has 0 fully saturated rings. The van der Waals surface area contributed by atoms with Crippen molar-refractivity contribution in [1.29, 1.82) is 0 Å². The maximum atomic E-state index is 10.9. The first-order valence-electron chi connectivity index (χ1n) is 4.00. The molecule has 2 nitrogen and oxygen atoms in total. The molecule has 0 rings (SSSR count). The van der Waals surface area contributed by atoms with Crippen LogP contribution in [-0.2, 0) is 9.53 Å². The second-order valence-electron chi connectivity index (χ2n) is 2.49. The molecule has 0 aliphatic heterocycles. The van der Waals surface area contributed by atoms with Gasteiger partial charge < -0.3 is 4.74 Å². The highest BCUT2D eigenvalue weighted by atomic mass is 79.9. The summed E-state index contributed by atoms with van der Waals surface area (Å²) < 4.78 is 4.87. The number of halogens is 1. The van der Waals surface area contributed by atoms with Gasteiger partial charge in [-0.15, -0.1) is 0 Å². The fraction of sp³-hybridized carbons (Fsp3) is 0.875. The predicted molar refractivity (Wildman–Crippen MR) is 48.6 cm³/mol. The SMILES string of the molecule is CCCCCC(=O)OC(C)Br. The van der Waals surface area contributed by atoms with Crippen LogP contribution in [0.15, 0.2) is 0 Å². The van der Waals surface area contributed by atoms with E-state index in [4.69, 9.17) is 4.74 Å². The van der Waals surface area contributed by atoms with Crippen LogP contribution < -0.4 is 0 Å². The molecular formula is C8H15BrO2. The lowest BCUT2D eigenvalue weighted by Gasteiger charge is -2.05. The molecule has 0 saturated heterocycles. The van der Waals surface area contributed by atoms with E-state index < -0.39 is 0 Å². The summed E-state index contributed by atoms with van der Waals surface area (Å²) in [6.45, 7) is 3.90. The van der Waals surface area contributed by atoms with Crippen molar-refractivity contribution in [1.82, 2.24) is 0 Å². The molecule has 0 N–H and O–H groups in total. The van der Waals surface area contributed by atoms with Crippen molar-refractivity contribution in [3.8, 4) is 0 Å². The highest BCUT2D eigenvalue weighted by Crippen LogP contribution is 2.05. The largest absolute Gasteiger partial charge is 0.451 e. The van der Waals surface area contributed by atoms with Crippen LogP contribution in [0, 0.1) is 0 Å². The molecule has 0 aliphatic rings. The molecule has 1 atom stereocenters. The van der Waals surface area contributed by atoms with E-state index in [0.717, 1.165) is 19.3 Å². The summed E-state index contributed by atoms with van der Waals surface area (Å²) in [5.74, 6) is -0.108.